The van der Waals surface area contributed by atoms with Gasteiger partial charge in [0.15, 0.2) is 0 Å². The largest absolute Gasteiger partial charge is 0.384 e. The summed E-state index contributed by atoms with van der Waals surface area (Å²) < 4.78 is 5.05. The molecule has 2 aliphatic rings. The van der Waals surface area contributed by atoms with E-state index < -0.39 is 0 Å². The van der Waals surface area contributed by atoms with Crippen LogP contribution < -0.4 is 16.0 Å². The molecule has 140 valence electrons. The van der Waals surface area contributed by atoms with Crippen LogP contribution in [0.2, 0.25) is 0 Å². The number of carbonyl (C=O) groups is 4. The van der Waals surface area contributed by atoms with Gasteiger partial charge in [0.2, 0.25) is 23.6 Å². The van der Waals surface area contributed by atoms with Crippen molar-refractivity contribution in [3.05, 3.63) is 0 Å². The van der Waals surface area contributed by atoms with E-state index in [0.29, 0.717) is 25.5 Å². The lowest BCUT2D eigenvalue weighted by atomic mass is 9.93. The molecule has 3 atom stereocenters. The lowest BCUT2D eigenvalue weighted by molar-refractivity contribution is -0.135. The molecule has 1 heterocycles. The Morgan fingerprint density at radius 1 is 1.28 bits per heavy atom. The first-order valence-electron chi connectivity index (χ1n) is 8.81. The van der Waals surface area contributed by atoms with E-state index in [0.717, 1.165) is 6.42 Å². The Morgan fingerprint density at radius 2 is 1.96 bits per heavy atom. The van der Waals surface area contributed by atoms with Crippen molar-refractivity contribution in [1.82, 2.24) is 16.0 Å². The molecule has 25 heavy (non-hydrogen) atoms. The number of imide groups is 1. The highest BCUT2D eigenvalue weighted by Gasteiger charge is 2.43. The van der Waals surface area contributed by atoms with E-state index in [1.165, 1.54) is 0 Å². The first kappa shape index (κ1) is 19.4. The molecule has 1 aliphatic carbocycles. The number of nitrogens with one attached hydrogen (secondary N) is 3. The summed E-state index contributed by atoms with van der Waals surface area (Å²) in [7, 11) is 1.63. The summed E-state index contributed by atoms with van der Waals surface area (Å²) in [6.07, 6.45) is 2.08. The molecular formula is C17H27N3O5. The van der Waals surface area contributed by atoms with Gasteiger partial charge in [-0.25, -0.2) is 0 Å². The number of rotatable bonds is 9. The van der Waals surface area contributed by atoms with E-state index in [1.54, 1.807) is 7.11 Å². The zero-order valence-electron chi connectivity index (χ0n) is 14.8. The van der Waals surface area contributed by atoms with Crippen molar-refractivity contribution in [2.75, 3.05) is 20.3 Å². The number of methoxy groups -OCH3 is 1. The minimum Gasteiger partial charge on any atom is -0.384 e. The van der Waals surface area contributed by atoms with Crippen LogP contribution in [0.1, 0.15) is 39.0 Å². The number of ether oxygens (including phenoxy) is 1. The molecule has 8 nitrogen and oxygen atoms in total. The maximum atomic E-state index is 12.1. The van der Waals surface area contributed by atoms with Crippen LogP contribution in [0.4, 0.5) is 0 Å². The van der Waals surface area contributed by atoms with Gasteiger partial charge in [-0.3, -0.25) is 24.5 Å². The Hall–Kier alpha value is -1.96. The molecule has 0 bridgehead atoms. The molecule has 0 spiro atoms. The van der Waals surface area contributed by atoms with Crippen molar-refractivity contribution in [3.8, 4) is 0 Å². The Balaban J connectivity index is 1.69. The van der Waals surface area contributed by atoms with Crippen LogP contribution in [0.3, 0.4) is 0 Å². The summed E-state index contributed by atoms with van der Waals surface area (Å²) in [5.74, 6) is -0.798. The summed E-state index contributed by atoms with van der Waals surface area (Å²) in [4.78, 5) is 46.8. The maximum Gasteiger partial charge on any atom is 0.226 e. The van der Waals surface area contributed by atoms with Gasteiger partial charge in [0.1, 0.15) is 0 Å². The third-order valence-electron chi connectivity index (χ3n) is 4.73. The van der Waals surface area contributed by atoms with Crippen LogP contribution >= 0.6 is 0 Å². The fourth-order valence-corrected chi connectivity index (χ4v) is 3.14. The Bertz CT molecular complexity index is 520. The minimum absolute atomic E-state index is 0.0106. The highest BCUT2D eigenvalue weighted by Crippen LogP contribution is 2.38. The Labute approximate surface area is 147 Å². The van der Waals surface area contributed by atoms with E-state index in [-0.39, 0.29) is 60.8 Å². The maximum absolute atomic E-state index is 12.1. The van der Waals surface area contributed by atoms with Crippen LogP contribution in [0.5, 0.6) is 0 Å². The quantitative estimate of drug-likeness (QED) is 0.494. The summed E-state index contributed by atoms with van der Waals surface area (Å²) in [5, 5.41) is 7.98. The van der Waals surface area contributed by atoms with Gasteiger partial charge in [-0.05, 0) is 24.7 Å². The first-order chi connectivity index (χ1) is 11.9. The number of amides is 4. The molecular weight excluding hydrogens is 326 g/mol. The second-order valence-corrected chi connectivity index (χ2v) is 6.93. The monoisotopic (exact) mass is 353 g/mol. The van der Waals surface area contributed by atoms with E-state index in [1.807, 2.05) is 6.92 Å². The van der Waals surface area contributed by atoms with Gasteiger partial charge < -0.3 is 15.4 Å². The summed E-state index contributed by atoms with van der Waals surface area (Å²) in [6.45, 7) is 2.88. The molecule has 0 aromatic carbocycles. The number of carbonyl (C=O) groups excluding carboxylic acids is 4. The zero-order valence-corrected chi connectivity index (χ0v) is 14.8. The van der Waals surface area contributed by atoms with Gasteiger partial charge in [0.25, 0.3) is 0 Å². The highest BCUT2D eigenvalue weighted by atomic mass is 16.5. The molecule has 1 aliphatic heterocycles. The van der Waals surface area contributed by atoms with Crippen molar-refractivity contribution in [3.63, 3.8) is 0 Å². The molecule has 1 unspecified atom stereocenters. The third-order valence-corrected chi connectivity index (χ3v) is 4.73. The van der Waals surface area contributed by atoms with Crippen molar-refractivity contribution in [2.24, 2.45) is 17.8 Å². The first-order valence-corrected chi connectivity index (χ1v) is 8.81. The van der Waals surface area contributed by atoms with Gasteiger partial charge in [-0.1, -0.05) is 6.92 Å². The van der Waals surface area contributed by atoms with Gasteiger partial charge in [-0.2, -0.15) is 0 Å². The molecule has 8 heteroatoms. The van der Waals surface area contributed by atoms with Crippen molar-refractivity contribution in [1.29, 1.82) is 0 Å². The fraction of sp³-hybridized carbons (Fsp3) is 0.765. The normalized spacial score (nSPS) is 24.4. The molecule has 0 aromatic rings. The van der Waals surface area contributed by atoms with Gasteiger partial charge in [-0.15, -0.1) is 0 Å². The summed E-state index contributed by atoms with van der Waals surface area (Å²) in [5.41, 5.74) is 0. The molecule has 2 rings (SSSR count). The fourth-order valence-electron chi connectivity index (χ4n) is 3.14. The summed E-state index contributed by atoms with van der Waals surface area (Å²) in [6, 6.07) is -0.128. The van der Waals surface area contributed by atoms with Gasteiger partial charge >= 0.3 is 0 Å². The second-order valence-electron chi connectivity index (χ2n) is 6.93. The lowest BCUT2D eigenvalue weighted by Gasteiger charge is -2.21. The van der Waals surface area contributed by atoms with Crippen LogP contribution in [0.25, 0.3) is 0 Å². The topological polar surface area (TPSA) is 114 Å². The minimum atomic E-state index is -0.331. The van der Waals surface area contributed by atoms with E-state index in [2.05, 4.69) is 16.0 Å². The van der Waals surface area contributed by atoms with Crippen LogP contribution in [0.15, 0.2) is 0 Å². The van der Waals surface area contributed by atoms with Crippen LogP contribution in [-0.2, 0) is 23.9 Å². The predicted octanol–water partition coefficient (Wildman–Crippen LogP) is -0.277. The van der Waals surface area contributed by atoms with E-state index in [4.69, 9.17) is 4.74 Å². The van der Waals surface area contributed by atoms with Crippen molar-refractivity contribution >= 4 is 23.6 Å². The average molecular weight is 353 g/mol. The number of hydrogen-bond acceptors (Lipinski definition) is 5. The smallest absolute Gasteiger partial charge is 0.226 e. The molecule has 2 fully saturated rings. The molecule has 1 saturated carbocycles. The lowest BCUT2D eigenvalue weighted by Crippen LogP contribution is -2.45. The molecule has 4 amide bonds. The van der Waals surface area contributed by atoms with E-state index in [9.17, 15) is 19.2 Å². The molecule has 3 N–H and O–H groups in total. The SMILES string of the molecule is CCC(CNC(=O)CC1CC(=O)NC(=O)C1)NC(=O)[C@H]1C[C@@H]1COC. The van der Waals surface area contributed by atoms with Gasteiger partial charge in [0.05, 0.1) is 0 Å². The van der Waals surface area contributed by atoms with Crippen molar-refractivity contribution in [2.45, 2.75) is 45.1 Å². The molecule has 1 saturated heterocycles. The van der Waals surface area contributed by atoms with Crippen LogP contribution in [-0.4, -0.2) is 49.9 Å². The van der Waals surface area contributed by atoms with Crippen molar-refractivity contribution < 1.29 is 23.9 Å². The molecule has 0 radical (unpaired) electrons. The molecule has 0 aromatic heterocycles. The third kappa shape index (κ3) is 6.12. The number of piperidine rings is 1. The second kappa shape index (κ2) is 8.94. The zero-order chi connectivity index (χ0) is 18.4. The average Bonchev–Trinajstić information content (AvgIpc) is 3.30. The highest BCUT2D eigenvalue weighted by molar-refractivity contribution is 5.98. The number of hydrogen-bond donors (Lipinski definition) is 3. The van der Waals surface area contributed by atoms with Crippen LogP contribution in [0, 0.1) is 17.8 Å². The Morgan fingerprint density at radius 3 is 2.56 bits per heavy atom. The van der Waals surface area contributed by atoms with E-state index >= 15 is 0 Å². The predicted molar refractivity (Wildman–Crippen MR) is 89.2 cm³/mol. The summed E-state index contributed by atoms with van der Waals surface area (Å²) >= 11 is 0. The van der Waals surface area contributed by atoms with Gasteiger partial charge in [0, 0.05) is 51.5 Å². The Kier molecular flexibility index (Phi) is 6.92. The standard InChI is InChI=1S/C17H27N3O5/c1-3-12(19-17(24)13-7-11(13)9-25-2)8-18-14(21)4-10-5-15(22)20-16(23)6-10/h10-13H,3-9H2,1-2H3,(H,18,21)(H,19,24)(H,20,22,23)/t11-,12?,13+/m1/s1.